The number of hydrogen-bond acceptors (Lipinski definition) is 4. The van der Waals surface area contributed by atoms with Crippen LogP contribution >= 0.6 is 0 Å². The number of aromatic nitrogens is 2. The molecular formula is C18H24N4O. The van der Waals surface area contributed by atoms with Gasteiger partial charge in [-0.3, -0.25) is 4.79 Å². The van der Waals surface area contributed by atoms with Crippen molar-refractivity contribution in [2.45, 2.75) is 40.0 Å². The van der Waals surface area contributed by atoms with E-state index in [0.717, 1.165) is 24.2 Å². The number of nitrogens with one attached hydrogen (secondary N) is 2. The summed E-state index contributed by atoms with van der Waals surface area (Å²) < 4.78 is 0. The van der Waals surface area contributed by atoms with E-state index in [1.54, 1.807) is 12.4 Å². The second-order valence-corrected chi connectivity index (χ2v) is 5.70. The fourth-order valence-electron chi connectivity index (χ4n) is 2.26. The highest BCUT2D eigenvalue weighted by atomic mass is 16.1. The maximum Gasteiger partial charge on any atom is 0.258 e. The summed E-state index contributed by atoms with van der Waals surface area (Å²) in [5.41, 5.74) is 3.46. The zero-order valence-corrected chi connectivity index (χ0v) is 14.0. The Hall–Kier alpha value is -2.43. The molecule has 0 fully saturated rings. The van der Waals surface area contributed by atoms with Crippen LogP contribution in [-0.4, -0.2) is 22.4 Å². The molecule has 1 aromatic carbocycles. The first-order valence-corrected chi connectivity index (χ1v) is 8.04. The quantitative estimate of drug-likeness (QED) is 0.760. The molecule has 0 unspecified atom stereocenters. The minimum absolute atomic E-state index is 0.200. The van der Waals surface area contributed by atoms with E-state index in [-0.39, 0.29) is 5.91 Å². The van der Waals surface area contributed by atoms with E-state index in [1.165, 1.54) is 18.4 Å². The Labute approximate surface area is 137 Å². The van der Waals surface area contributed by atoms with Crippen molar-refractivity contribution in [1.29, 1.82) is 0 Å². The summed E-state index contributed by atoms with van der Waals surface area (Å²) in [7, 11) is 0. The van der Waals surface area contributed by atoms with E-state index in [2.05, 4.69) is 27.5 Å². The first kappa shape index (κ1) is 16.9. The highest BCUT2D eigenvalue weighted by Crippen LogP contribution is 2.17. The predicted octanol–water partition coefficient (Wildman–Crippen LogP) is 3.95. The maximum atomic E-state index is 12.3. The molecule has 5 nitrogen and oxygen atoms in total. The number of amides is 1. The van der Waals surface area contributed by atoms with Crippen molar-refractivity contribution in [1.82, 2.24) is 9.97 Å². The molecule has 1 aromatic heterocycles. The average molecular weight is 312 g/mol. The predicted molar refractivity (Wildman–Crippen MR) is 93.9 cm³/mol. The Bertz CT molecular complexity index is 653. The van der Waals surface area contributed by atoms with E-state index in [0.29, 0.717) is 11.5 Å². The van der Waals surface area contributed by atoms with Gasteiger partial charge in [0, 0.05) is 24.6 Å². The van der Waals surface area contributed by atoms with Gasteiger partial charge in [-0.1, -0.05) is 37.5 Å². The number of nitrogens with zero attached hydrogens (tertiary/aromatic N) is 2. The number of carbonyl (C=O) groups excluding carboxylic acids is 1. The van der Waals surface area contributed by atoms with E-state index in [4.69, 9.17) is 0 Å². The van der Waals surface area contributed by atoms with Crippen molar-refractivity contribution in [3.63, 3.8) is 0 Å². The van der Waals surface area contributed by atoms with Gasteiger partial charge in [0.2, 0.25) is 5.95 Å². The Kier molecular flexibility index (Phi) is 6.09. The van der Waals surface area contributed by atoms with Gasteiger partial charge < -0.3 is 10.6 Å². The van der Waals surface area contributed by atoms with Crippen molar-refractivity contribution in [2.24, 2.45) is 0 Å². The van der Waals surface area contributed by atoms with E-state index in [1.807, 2.05) is 32.0 Å². The number of benzene rings is 1. The number of carbonyl (C=O) groups is 1. The first-order chi connectivity index (χ1) is 11.1. The third-order valence-electron chi connectivity index (χ3n) is 3.61. The molecule has 0 aliphatic carbocycles. The lowest BCUT2D eigenvalue weighted by Crippen LogP contribution is -2.14. The van der Waals surface area contributed by atoms with Crippen molar-refractivity contribution in [3.8, 4) is 0 Å². The summed E-state index contributed by atoms with van der Waals surface area (Å²) in [6.07, 6.45) is 6.56. The molecule has 5 heteroatoms. The number of rotatable bonds is 7. The zero-order chi connectivity index (χ0) is 16.7. The molecule has 122 valence electrons. The van der Waals surface area contributed by atoms with Crippen molar-refractivity contribution in [2.75, 3.05) is 17.2 Å². The Balaban J connectivity index is 1.94. The van der Waals surface area contributed by atoms with Crippen LogP contribution in [0.2, 0.25) is 0 Å². The zero-order valence-electron chi connectivity index (χ0n) is 14.0. The molecule has 0 radical (unpaired) electrons. The van der Waals surface area contributed by atoms with Crippen LogP contribution in [0.15, 0.2) is 30.6 Å². The van der Waals surface area contributed by atoms with Gasteiger partial charge in [0.05, 0.1) is 5.56 Å². The highest BCUT2D eigenvalue weighted by molar-refractivity contribution is 6.04. The van der Waals surface area contributed by atoms with Gasteiger partial charge in [0.25, 0.3) is 5.91 Å². The lowest BCUT2D eigenvalue weighted by Gasteiger charge is -2.09. The Morgan fingerprint density at radius 1 is 1.13 bits per heavy atom. The molecule has 0 spiro atoms. The lowest BCUT2D eigenvalue weighted by molar-refractivity contribution is 0.102. The molecule has 0 atom stereocenters. The second-order valence-electron chi connectivity index (χ2n) is 5.70. The summed E-state index contributed by atoms with van der Waals surface area (Å²) in [5, 5.41) is 6.05. The van der Waals surface area contributed by atoms with Crippen LogP contribution in [0.4, 0.5) is 11.6 Å². The smallest absolute Gasteiger partial charge is 0.258 e. The molecule has 2 aromatic rings. The first-order valence-electron chi connectivity index (χ1n) is 8.04. The molecule has 0 bridgehead atoms. The van der Waals surface area contributed by atoms with Gasteiger partial charge in [0.1, 0.15) is 0 Å². The van der Waals surface area contributed by atoms with Crippen LogP contribution < -0.4 is 10.6 Å². The molecule has 0 saturated carbocycles. The number of hydrogen-bond donors (Lipinski definition) is 2. The highest BCUT2D eigenvalue weighted by Gasteiger charge is 2.09. The van der Waals surface area contributed by atoms with Crippen LogP contribution in [0.25, 0.3) is 0 Å². The van der Waals surface area contributed by atoms with Crippen molar-refractivity contribution in [3.05, 3.63) is 47.3 Å². The minimum Gasteiger partial charge on any atom is -0.354 e. The summed E-state index contributed by atoms with van der Waals surface area (Å²) in [4.78, 5) is 20.6. The van der Waals surface area contributed by atoms with Gasteiger partial charge in [-0.2, -0.15) is 0 Å². The molecule has 1 heterocycles. The molecule has 1 amide bonds. The van der Waals surface area contributed by atoms with Crippen LogP contribution in [0, 0.1) is 13.8 Å². The number of unbranched alkanes of at least 4 members (excludes halogenated alkanes) is 2. The van der Waals surface area contributed by atoms with Gasteiger partial charge in [0.15, 0.2) is 0 Å². The van der Waals surface area contributed by atoms with Gasteiger partial charge in [-0.15, -0.1) is 0 Å². The number of anilines is 2. The van der Waals surface area contributed by atoms with E-state index < -0.39 is 0 Å². The van der Waals surface area contributed by atoms with Gasteiger partial charge in [-0.25, -0.2) is 9.97 Å². The van der Waals surface area contributed by atoms with E-state index >= 15 is 0 Å². The Morgan fingerprint density at radius 2 is 1.87 bits per heavy atom. The van der Waals surface area contributed by atoms with Crippen molar-refractivity contribution < 1.29 is 4.79 Å². The molecule has 0 aliphatic heterocycles. The SMILES string of the molecule is CCCCCNc1ncc(C(=O)Nc2ccc(C)cc2C)cn1. The fraction of sp³-hybridized carbons (Fsp3) is 0.389. The average Bonchev–Trinajstić information content (AvgIpc) is 2.55. The maximum absolute atomic E-state index is 12.3. The van der Waals surface area contributed by atoms with Gasteiger partial charge >= 0.3 is 0 Å². The van der Waals surface area contributed by atoms with E-state index in [9.17, 15) is 4.79 Å². The topological polar surface area (TPSA) is 66.9 Å². The second kappa shape index (κ2) is 8.27. The molecule has 2 N–H and O–H groups in total. The summed E-state index contributed by atoms with van der Waals surface area (Å²) in [6, 6.07) is 5.92. The van der Waals surface area contributed by atoms with Crippen molar-refractivity contribution >= 4 is 17.5 Å². The summed E-state index contributed by atoms with van der Waals surface area (Å²) in [5.74, 6) is 0.360. The van der Waals surface area contributed by atoms with Crippen LogP contribution in [0.1, 0.15) is 47.7 Å². The van der Waals surface area contributed by atoms with Gasteiger partial charge in [-0.05, 0) is 31.9 Å². The fourth-order valence-corrected chi connectivity index (χ4v) is 2.26. The molecule has 0 saturated heterocycles. The number of aryl methyl sites for hydroxylation is 2. The summed E-state index contributed by atoms with van der Waals surface area (Å²) in [6.45, 7) is 7.02. The molecular weight excluding hydrogens is 288 g/mol. The Morgan fingerprint density at radius 3 is 2.52 bits per heavy atom. The minimum atomic E-state index is -0.200. The summed E-state index contributed by atoms with van der Waals surface area (Å²) >= 11 is 0. The normalized spacial score (nSPS) is 10.4. The standard InChI is InChI=1S/C18H24N4O/c1-4-5-6-9-19-18-20-11-15(12-21-18)17(23)22-16-8-7-13(2)10-14(16)3/h7-8,10-12H,4-6,9H2,1-3H3,(H,22,23)(H,19,20,21). The largest absolute Gasteiger partial charge is 0.354 e. The lowest BCUT2D eigenvalue weighted by atomic mass is 10.1. The monoisotopic (exact) mass is 312 g/mol. The molecule has 2 rings (SSSR count). The third kappa shape index (κ3) is 5.06. The third-order valence-corrected chi connectivity index (χ3v) is 3.61. The molecule has 23 heavy (non-hydrogen) atoms. The van der Waals surface area contributed by atoms with Crippen LogP contribution in [0.5, 0.6) is 0 Å². The molecule has 0 aliphatic rings. The van der Waals surface area contributed by atoms with Crippen LogP contribution in [-0.2, 0) is 0 Å². The van der Waals surface area contributed by atoms with Crippen LogP contribution in [0.3, 0.4) is 0 Å².